The lowest BCUT2D eigenvalue weighted by Gasteiger charge is -2.12. The number of methoxy groups -OCH3 is 1. The molecule has 0 aliphatic carbocycles. The van der Waals surface area contributed by atoms with Crippen molar-refractivity contribution >= 4 is 17.7 Å². The van der Waals surface area contributed by atoms with Gasteiger partial charge in [0.2, 0.25) is 11.1 Å². The van der Waals surface area contributed by atoms with Crippen molar-refractivity contribution in [1.82, 2.24) is 25.5 Å². The number of carbonyl (C=O) groups is 1. The second-order valence-electron chi connectivity index (χ2n) is 6.55. The van der Waals surface area contributed by atoms with Crippen molar-refractivity contribution in [2.45, 2.75) is 37.7 Å². The number of thioether (sulfide) groups is 1. The molecule has 7 nitrogen and oxygen atoms in total. The molecule has 0 aliphatic rings. The van der Waals surface area contributed by atoms with Crippen LogP contribution in [0.3, 0.4) is 0 Å². The summed E-state index contributed by atoms with van der Waals surface area (Å²) in [5.74, 6) is 0.716. The number of carbonyl (C=O) groups excluding carboxylic acids is 1. The van der Waals surface area contributed by atoms with Gasteiger partial charge in [-0.05, 0) is 72.2 Å². The number of rotatable bonds is 7. The summed E-state index contributed by atoms with van der Waals surface area (Å²) in [6, 6.07) is 13.7. The van der Waals surface area contributed by atoms with Gasteiger partial charge in [0.15, 0.2) is 0 Å². The standard InChI is InChI=1S/C20H23N5O2S/c1-13-9-14(2)11-17(10-13)25-20(22-23-24-25)28-15(3)19(26)21-12-16-5-7-18(27-4)8-6-16/h5-11,15H,12H2,1-4H3,(H,21,26)/t15-/m1/s1. The number of amides is 1. The van der Waals surface area contributed by atoms with Gasteiger partial charge in [0.1, 0.15) is 5.75 Å². The van der Waals surface area contributed by atoms with Gasteiger partial charge in [-0.15, -0.1) is 5.10 Å². The molecule has 1 heterocycles. The molecule has 1 atom stereocenters. The summed E-state index contributed by atoms with van der Waals surface area (Å²) in [5, 5.41) is 15.1. The molecule has 0 saturated carbocycles. The Kier molecular flexibility index (Phi) is 6.30. The number of nitrogens with zero attached hydrogens (tertiary/aromatic N) is 4. The number of aryl methyl sites for hydroxylation is 2. The average molecular weight is 398 g/mol. The molecule has 0 bridgehead atoms. The molecule has 0 radical (unpaired) electrons. The van der Waals surface area contributed by atoms with Crippen molar-refractivity contribution in [3.8, 4) is 11.4 Å². The Hall–Kier alpha value is -2.87. The van der Waals surface area contributed by atoms with E-state index in [1.54, 1.807) is 11.8 Å². The van der Waals surface area contributed by atoms with E-state index < -0.39 is 0 Å². The normalized spacial score (nSPS) is 11.9. The molecule has 28 heavy (non-hydrogen) atoms. The Morgan fingerprint density at radius 3 is 2.50 bits per heavy atom. The molecule has 3 aromatic rings. The maximum atomic E-state index is 12.5. The van der Waals surface area contributed by atoms with Gasteiger partial charge >= 0.3 is 0 Å². The molecule has 1 N–H and O–H groups in total. The highest BCUT2D eigenvalue weighted by molar-refractivity contribution is 8.00. The zero-order valence-corrected chi connectivity index (χ0v) is 17.2. The number of aromatic nitrogens is 4. The molecular formula is C20H23N5O2S. The van der Waals surface area contributed by atoms with E-state index >= 15 is 0 Å². The largest absolute Gasteiger partial charge is 0.497 e. The van der Waals surface area contributed by atoms with Crippen molar-refractivity contribution in [3.05, 3.63) is 59.2 Å². The van der Waals surface area contributed by atoms with Crippen molar-refractivity contribution < 1.29 is 9.53 Å². The molecule has 3 rings (SSSR count). The first-order valence-corrected chi connectivity index (χ1v) is 9.78. The van der Waals surface area contributed by atoms with Crippen LogP contribution in [0.1, 0.15) is 23.6 Å². The number of hydrogen-bond acceptors (Lipinski definition) is 6. The van der Waals surface area contributed by atoms with Gasteiger partial charge in [-0.25, -0.2) is 0 Å². The SMILES string of the molecule is COc1ccc(CNC(=O)[C@@H](C)Sc2nnnn2-c2cc(C)cc(C)c2)cc1. The van der Waals surface area contributed by atoms with Crippen LogP contribution < -0.4 is 10.1 Å². The third kappa shape index (κ3) is 4.89. The molecule has 0 saturated heterocycles. The van der Waals surface area contributed by atoms with Crippen LogP contribution in [0, 0.1) is 13.8 Å². The molecule has 0 unspecified atom stereocenters. The van der Waals surface area contributed by atoms with Gasteiger partial charge < -0.3 is 10.1 Å². The Morgan fingerprint density at radius 1 is 1.18 bits per heavy atom. The van der Waals surface area contributed by atoms with Gasteiger partial charge in [-0.3, -0.25) is 4.79 Å². The van der Waals surface area contributed by atoms with E-state index in [-0.39, 0.29) is 11.2 Å². The molecule has 0 spiro atoms. The predicted molar refractivity (Wildman–Crippen MR) is 109 cm³/mol. The van der Waals surface area contributed by atoms with Gasteiger partial charge in [0, 0.05) is 6.54 Å². The molecule has 1 amide bonds. The summed E-state index contributed by atoms with van der Waals surface area (Å²) in [7, 11) is 1.63. The molecular weight excluding hydrogens is 374 g/mol. The van der Waals surface area contributed by atoms with Crippen LogP contribution in [-0.2, 0) is 11.3 Å². The summed E-state index contributed by atoms with van der Waals surface area (Å²) >= 11 is 1.33. The first kappa shape index (κ1) is 19.9. The zero-order valence-electron chi connectivity index (χ0n) is 16.3. The third-order valence-corrected chi connectivity index (χ3v) is 5.20. The van der Waals surface area contributed by atoms with E-state index in [1.807, 2.05) is 57.2 Å². The smallest absolute Gasteiger partial charge is 0.233 e. The van der Waals surface area contributed by atoms with E-state index in [4.69, 9.17) is 4.74 Å². The number of benzene rings is 2. The second-order valence-corrected chi connectivity index (χ2v) is 7.85. The maximum Gasteiger partial charge on any atom is 0.233 e. The highest BCUT2D eigenvalue weighted by Gasteiger charge is 2.19. The fourth-order valence-electron chi connectivity index (χ4n) is 2.78. The van der Waals surface area contributed by atoms with Gasteiger partial charge in [0.05, 0.1) is 18.0 Å². The first-order chi connectivity index (χ1) is 13.5. The lowest BCUT2D eigenvalue weighted by atomic mass is 10.1. The molecule has 8 heteroatoms. The highest BCUT2D eigenvalue weighted by atomic mass is 32.2. The third-order valence-electron chi connectivity index (χ3n) is 4.17. The van der Waals surface area contributed by atoms with Crippen molar-refractivity contribution in [3.63, 3.8) is 0 Å². The highest BCUT2D eigenvalue weighted by Crippen LogP contribution is 2.24. The average Bonchev–Trinajstić information content (AvgIpc) is 3.13. The Bertz CT molecular complexity index is 935. The molecule has 1 aromatic heterocycles. The van der Waals surface area contributed by atoms with Crippen LogP contribution >= 0.6 is 11.8 Å². The summed E-state index contributed by atoms with van der Waals surface area (Å²) < 4.78 is 6.81. The minimum absolute atomic E-state index is 0.0733. The van der Waals surface area contributed by atoms with Crippen LogP contribution in [-0.4, -0.2) is 38.5 Å². The topological polar surface area (TPSA) is 81.9 Å². The lowest BCUT2D eigenvalue weighted by Crippen LogP contribution is -2.30. The molecule has 2 aromatic carbocycles. The summed E-state index contributed by atoms with van der Waals surface area (Å²) in [6.07, 6.45) is 0. The number of hydrogen-bond donors (Lipinski definition) is 1. The summed E-state index contributed by atoms with van der Waals surface area (Å²) in [4.78, 5) is 12.5. The quantitative estimate of drug-likeness (QED) is 0.617. The minimum Gasteiger partial charge on any atom is -0.497 e. The summed E-state index contributed by atoms with van der Waals surface area (Å²) in [5.41, 5.74) is 4.15. The van der Waals surface area contributed by atoms with Gasteiger partial charge in [-0.2, -0.15) is 4.68 Å². The van der Waals surface area contributed by atoms with Crippen LogP contribution in [0.5, 0.6) is 5.75 Å². The Balaban J connectivity index is 1.63. The zero-order chi connectivity index (χ0) is 20.1. The number of nitrogens with one attached hydrogen (secondary N) is 1. The van der Waals surface area contributed by atoms with Crippen LogP contribution in [0.4, 0.5) is 0 Å². The van der Waals surface area contributed by atoms with E-state index in [0.717, 1.165) is 28.1 Å². The van der Waals surface area contributed by atoms with Crippen molar-refractivity contribution in [2.24, 2.45) is 0 Å². The Morgan fingerprint density at radius 2 is 1.86 bits per heavy atom. The second kappa shape index (κ2) is 8.88. The van der Waals surface area contributed by atoms with Crippen molar-refractivity contribution in [1.29, 1.82) is 0 Å². The van der Waals surface area contributed by atoms with E-state index in [1.165, 1.54) is 11.8 Å². The minimum atomic E-state index is -0.339. The van der Waals surface area contributed by atoms with Gasteiger partial charge in [0.25, 0.3) is 0 Å². The number of tetrazole rings is 1. The van der Waals surface area contributed by atoms with Crippen LogP contribution in [0.15, 0.2) is 47.6 Å². The molecule has 0 fully saturated rings. The summed E-state index contributed by atoms with van der Waals surface area (Å²) in [6.45, 7) is 6.36. The lowest BCUT2D eigenvalue weighted by molar-refractivity contribution is -0.120. The monoisotopic (exact) mass is 397 g/mol. The van der Waals surface area contributed by atoms with Crippen molar-refractivity contribution in [2.75, 3.05) is 7.11 Å². The molecule has 146 valence electrons. The van der Waals surface area contributed by atoms with E-state index in [9.17, 15) is 4.79 Å². The van der Waals surface area contributed by atoms with Gasteiger partial charge in [-0.1, -0.05) is 30.0 Å². The fraction of sp³-hybridized carbons (Fsp3) is 0.300. The van der Waals surface area contributed by atoms with Crippen LogP contribution in [0.2, 0.25) is 0 Å². The predicted octanol–water partition coefficient (Wildman–Crippen LogP) is 3.08. The molecule has 0 aliphatic heterocycles. The van der Waals surface area contributed by atoms with E-state index in [0.29, 0.717) is 11.7 Å². The first-order valence-electron chi connectivity index (χ1n) is 8.90. The van der Waals surface area contributed by atoms with E-state index in [2.05, 4.69) is 26.9 Å². The maximum absolute atomic E-state index is 12.5. The number of ether oxygens (including phenoxy) is 1. The Labute approximate surface area is 168 Å². The van der Waals surface area contributed by atoms with Crippen LogP contribution in [0.25, 0.3) is 5.69 Å². The fourth-order valence-corrected chi connectivity index (χ4v) is 3.61.